The summed E-state index contributed by atoms with van der Waals surface area (Å²) < 4.78 is 21.8. The molecule has 6 nitrogen and oxygen atoms in total. The molecular formula is C16H20O6. The molecule has 0 aliphatic carbocycles. The zero-order valence-electron chi connectivity index (χ0n) is 12.2. The van der Waals surface area contributed by atoms with Gasteiger partial charge in [0.2, 0.25) is 0 Å². The van der Waals surface area contributed by atoms with Gasteiger partial charge >= 0.3 is 0 Å². The van der Waals surface area contributed by atoms with Gasteiger partial charge in [-0.3, -0.25) is 0 Å². The summed E-state index contributed by atoms with van der Waals surface area (Å²) in [6.07, 6.45) is -1.16. The Hall–Kier alpha value is -1.28. The highest BCUT2D eigenvalue weighted by Gasteiger charge is 2.48. The third-order valence-electron chi connectivity index (χ3n) is 3.83. The molecule has 1 aromatic rings. The van der Waals surface area contributed by atoms with E-state index in [2.05, 4.69) is 0 Å². The van der Waals surface area contributed by atoms with Crippen molar-refractivity contribution in [3.8, 4) is 0 Å². The zero-order chi connectivity index (χ0) is 15.5. The van der Waals surface area contributed by atoms with E-state index >= 15 is 0 Å². The minimum absolute atomic E-state index is 0.262. The number of aliphatic hydroxyl groups is 2. The fourth-order valence-corrected chi connectivity index (χ4v) is 2.64. The first-order chi connectivity index (χ1) is 10.7. The molecule has 2 fully saturated rings. The van der Waals surface area contributed by atoms with Crippen LogP contribution >= 0.6 is 0 Å². The molecule has 0 amide bonds. The van der Waals surface area contributed by atoms with Crippen molar-refractivity contribution in [3.63, 3.8) is 0 Å². The van der Waals surface area contributed by atoms with E-state index in [9.17, 15) is 10.2 Å². The van der Waals surface area contributed by atoms with Crippen LogP contribution in [0, 0.1) is 0 Å². The average molecular weight is 308 g/mol. The van der Waals surface area contributed by atoms with Crippen molar-refractivity contribution in [2.24, 2.45) is 0 Å². The number of ether oxygens (including phenoxy) is 4. The Morgan fingerprint density at radius 3 is 2.64 bits per heavy atom. The molecule has 2 saturated heterocycles. The molecule has 4 unspecified atom stereocenters. The number of hydrogen-bond acceptors (Lipinski definition) is 6. The van der Waals surface area contributed by atoms with Gasteiger partial charge in [-0.15, -0.1) is 0 Å². The summed E-state index contributed by atoms with van der Waals surface area (Å²) in [5.74, 6) is 0. The molecule has 2 heterocycles. The topological polar surface area (TPSA) is 77.4 Å². The van der Waals surface area contributed by atoms with Gasteiger partial charge in [-0.1, -0.05) is 36.4 Å². The molecule has 0 aromatic heterocycles. The van der Waals surface area contributed by atoms with Crippen LogP contribution in [0.2, 0.25) is 0 Å². The maximum atomic E-state index is 10.2. The Kier molecular flexibility index (Phi) is 4.87. The number of benzene rings is 1. The van der Waals surface area contributed by atoms with Crippen LogP contribution in [0.1, 0.15) is 5.56 Å². The second-order valence-corrected chi connectivity index (χ2v) is 5.33. The molecule has 0 radical (unpaired) electrons. The summed E-state index contributed by atoms with van der Waals surface area (Å²) in [5, 5.41) is 20.1. The van der Waals surface area contributed by atoms with Crippen LogP contribution in [0.3, 0.4) is 0 Å². The third kappa shape index (κ3) is 3.22. The summed E-state index contributed by atoms with van der Waals surface area (Å²) in [6, 6.07) is 9.76. The van der Waals surface area contributed by atoms with Gasteiger partial charge in [-0.05, 0) is 11.6 Å². The first kappa shape index (κ1) is 15.6. The van der Waals surface area contributed by atoms with Crippen LogP contribution in [-0.2, 0) is 18.9 Å². The number of aliphatic hydroxyl groups excluding tert-OH is 2. The summed E-state index contributed by atoms with van der Waals surface area (Å²) in [5.41, 5.74) is 1.02. The van der Waals surface area contributed by atoms with Gasteiger partial charge in [0, 0.05) is 7.11 Å². The van der Waals surface area contributed by atoms with Crippen molar-refractivity contribution in [3.05, 3.63) is 42.0 Å². The first-order valence-corrected chi connectivity index (χ1v) is 7.24. The zero-order valence-corrected chi connectivity index (χ0v) is 12.2. The maximum absolute atomic E-state index is 10.2. The predicted molar refractivity (Wildman–Crippen MR) is 77.8 cm³/mol. The second-order valence-electron chi connectivity index (χ2n) is 5.33. The largest absolute Gasteiger partial charge is 0.387 e. The summed E-state index contributed by atoms with van der Waals surface area (Å²) >= 11 is 0. The second kappa shape index (κ2) is 6.87. The molecule has 6 atom stereocenters. The fraction of sp³-hybridized carbons (Fsp3) is 0.500. The Bertz CT molecular complexity index is 503. The van der Waals surface area contributed by atoms with Crippen molar-refractivity contribution in [1.82, 2.24) is 0 Å². The van der Waals surface area contributed by atoms with Crippen molar-refractivity contribution in [2.45, 2.75) is 37.0 Å². The monoisotopic (exact) mass is 308 g/mol. The molecule has 2 N–H and O–H groups in total. The lowest BCUT2D eigenvalue weighted by molar-refractivity contribution is -0.347. The average Bonchev–Trinajstić information content (AvgIpc) is 2.57. The molecule has 0 spiro atoms. The lowest BCUT2D eigenvalue weighted by atomic mass is 9.98. The highest BCUT2D eigenvalue weighted by molar-refractivity contribution is 5.49. The standard InChI is InChI=1S/C16H20O6/c1-19-16-14(18)13(17)15-11(21-16)9-20-12(22-15)8-7-10-5-3-2-4-6-10/h2-8,11-18H,9H2,1H3/b8-7+/t11?,12?,13?,14?,15-,16+/m1/s1. The van der Waals surface area contributed by atoms with Gasteiger partial charge in [0.05, 0.1) is 6.61 Å². The lowest BCUT2D eigenvalue weighted by Gasteiger charge is -2.45. The van der Waals surface area contributed by atoms with E-state index in [0.717, 1.165) is 5.56 Å². The van der Waals surface area contributed by atoms with E-state index in [4.69, 9.17) is 18.9 Å². The number of rotatable bonds is 3. The Labute approximate surface area is 128 Å². The third-order valence-corrected chi connectivity index (χ3v) is 3.83. The highest BCUT2D eigenvalue weighted by atomic mass is 16.7. The molecule has 0 bridgehead atoms. The van der Waals surface area contributed by atoms with Crippen LogP contribution in [0.15, 0.2) is 36.4 Å². The minimum Gasteiger partial charge on any atom is -0.387 e. The van der Waals surface area contributed by atoms with E-state index in [1.54, 1.807) is 6.08 Å². The fourth-order valence-electron chi connectivity index (χ4n) is 2.64. The van der Waals surface area contributed by atoms with E-state index in [0.29, 0.717) is 0 Å². The quantitative estimate of drug-likeness (QED) is 0.848. The molecule has 120 valence electrons. The Morgan fingerprint density at radius 1 is 1.14 bits per heavy atom. The van der Waals surface area contributed by atoms with Gasteiger partial charge in [0.15, 0.2) is 12.6 Å². The van der Waals surface area contributed by atoms with Crippen molar-refractivity contribution in [1.29, 1.82) is 0 Å². The SMILES string of the molecule is CO[C@H]1OC2COC(/C=C/c3ccccc3)O[C@H]2C(O)C1O. The first-order valence-electron chi connectivity index (χ1n) is 7.24. The smallest absolute Gasteiger partial charge is 0.186 e. The predicted octanol–water partition coefficient (Wildman–Crippen LogP) is 0.534. The van der Waals surface area contributed by atoms with Gasteiger partial charge in [-0.2, -0.15) is 0 Å². The van der Waals surface area contributed by atoms with Crippen molar-refractivity contribution >= 4 is 6.08 Å². The van der Waals surface area contributed by atoms with Crippen LogP contribution in [0.25, 0.3) is 6.08 Å². The molecular weight excluding hydrogens is 288 g/mol. The summed E-state index contributed by atoms with van der Waals surface area (Å²) in [7, 11) is 1.41. The summed E-state index contributed by atoms with van der Waals surface area (Å²) in [4.78, 5) is 0. The Morgan fingerprint density at radius 2 is 1.91 bits per heavy atom. The van der Waals surface area contributed by atoms with E-state index in [-0.39, 0.29) is 6.61 Å². The van der Waals surface area contributed by atoms with Crippen molar-refractivity contribution in [2.75, 3.05) is 13.7 Å². The van der Waals surface area contributed by atoms with Crippen LogP contribution in [0.4, 0.5) is 0 Å². The number of hydrogen-bond donors (Lipinski definition) is 2. The normalized spacial score (nSPS) is 38.9. The molecule has 0 saturated carbocycles. The molecule has 2 aliphatic rings. The van der Waals surface area contributed by atoms with Gasteiger partial charge < -0.3 is 29.2 Å². The molecule has 2 aliphatic heterocycles. The van der Waals surface area contributed by atoms with E-state index < -0.39 is 37.0 Å². The number of methoxy groups -OCH3 is 1. The summed E-state index contributed by atoms with van der Waals surface area (Å²) in [6.45, 7) is 0.262. The molecule has 6 heteroatoms. The van der Waals surface area contributed by atoms with Crippen molar-refractivity contribution < 1.29 is 29.2 Å². The van der Waals surface area contributed by atoms with Gasteiger partial charge in [0.1, 0.15) is 24.4 Å². The molecule has 1 aromatic carbocycles. The van der Waals surface area contributed by atoms with Crippen LogP contribution < -0.4 is 0 Å². The lowest BCUT2D eigenvalue weighted by Crippen LogP contribution is -2.62. The van der Waals surface area contributed by atoms with Gasteiger partial charge in [-0.25, -0.2) is 0 Å². The van der Waals surface area contributed by atoms with E-state index in [1.165, 1.54) is 7.11 Å². The number of fused-ring (bicyclic) bond motifs is 1. The maximum Gasteiger partial charge on any atom is 0.186 e. The van der Waals surface area contributed by atoms with E-state index in [1.807, 2.05) is 36.4 Å². The minimum atomic E-state index is -1.15. The highest BCUT2D eigenvalue weighted by Crippen LogP contribution is 2.29. The van der Waals surface area contributed by atoms with Crippen LogP contribution in [-0.4, -0.2) is 60.9 Å². The van der Waals surface area contributed by atoms with Gasteiger partial charge in [0.25, 0.3) is 0 Å². The molecule has 3 rings (SSSR count). The van der Waals surface area contributed by atoms with Crippen LogP contribution in [0.5, 0.6) is 0 Å². The molecule has 22 heavy (non-hydrogen) atoms. The Balaban J connectivity index is 1.64.